The highest BCUT2D eigenvalue weighted by Crippen LogP contribution is 2.34. The summed E-state index contributed by atoms with van der Waals surface area (Å²) in [6.45, 7) is 0. The van der Waals surface area contributed by atoms with Gasteiger partial charge >= 0.3 is 5.69 Å². The van der Waals surface area contributed by atoms with Gasteiger partial charge in [0.25, 0.3) is 5.69 Å². The molecule has 178 valence electrons. The van der Waals surface area contributed by atoms with Crippen LogP contribution in [-0.2, 0) is 9.59 Å². The van der Waals surface area contributed by atoms with E-state index in [9.17, 15) is 34.2 Å². The Morgan fingerprint density at radius 1 is 0.971 bits per heavy atom. The third-order valence-electron chi connectivity index (χ3n) is 4.31. The maximum atomic E-state index is 13.5. The maximum absolute atomic E-state index is 13.5. The van der Waals surface area contributed by atoms with Crippen LogP contribution in [0, 0.1) is 26.0 Å². The lowest BCUT2D eigenvalue weighted by Crippen LogP contribution is -2.24. The Bertz CT molecular complexity index is 1330. The predicted octanol–water partition coefficient (Wildman–Crippen LogP) is 3.91. The molecule has 0 aliphatic rings. The summed E-state index contributed by atoms with van der Waals surface area (Å²) in [5.74, 6) is -2.15. The fourth-order valence-corrected chi connectivity index (χ4v) is 2.75. The lowest BCUT2D eigenvalue weighted by molar-refractivity contribution is -0.394. The molecule has 0 bridgehead atoms. The summed E-state index contributed by atoms with van der Waals surface area (Å²) in [4.78, 5) is 44.3. The lowest BCUT2D eigenvalue weighted by Gasteiger charge is -2.07. The highest BCUT2D eigenvalue weighted by Gasteiger charge is 2.21. The smallest absolute Gasteiger partial charge is 0.318 e. The van der Waals surface area contributed by atoms with Crippen molar-refractivity contribution < 1.29 is 28.6 Å². The number of carbonyl (C=O) groups excluding carboxylic acids is 2. The van der Waals surface area contributed by atoms with Crippen molar-refractivity contribution in [2.24, 2.45) is 5.10 Å². The quantitative estimate of drug-likeness (QED) is 0.202. The van der Waals surface area contributed by atoms with Gasteiger partial charge < -0.3 is 10.1 Å². The van der Waals surface area contributed by atoms with Crippen LogP contribution in [0.5, 0.6) is 11.5 Å². The molecule has 2 amide bonds. The fraction of sp³-hybridized carbons (Fsp3) is 0.0455. The first-order valence-electron chi connectivity index (χ1n) is 9.80. The number of nitro benzene ring substituents is 2. The molecule has 13 heteroatoms. The molecule has 0 radical (unpaired) electrons. The molecule has 3 rings (SSSR count). The van der Waals surface area contributed by atoms with E-state index < -0.39 is 45.3 Å². The third-order valence-corrected chi connectivity index (χ3v) is 4.31. The molecule has 3 aromatic carbocycles. The van der Waals surface area contributed by atoms with Gasteiger partial charge in [0.2, 0.25) is 17.6 Å². The number of para-hydroxylation sites is 1. The minimum absolute atomic E-state index is 0.0566. The number of carbonyl (C=O) groups is 2. The topological polar surface area (TPSA) is 166 Å². The first-order chi connectivity index (χ1) is 16.7. The van der Waals surface area contributed by atoms with Gasteiger partial charge in [0.1, 0.15) is 18.0 Å². The van der Waals surface area contributed by atoms with Crippen molar-refractivity contribution in [2.45, 2.75) is 6.42 Å². The van der Waals surface area contributed by atoms with Crippen molar-refractivity contribution >= 4 is 35.1 Å². The van der Waals surface area contributed by atoms with Crippen molar-refractivity contribution in [1.29, 1.82) is 0 Å². The molecular weight excluding hydrogens is 465 g/mol. The number of nitro groups is 2. The fourth-order valence-electron chi connectivity index (χ4n) is 2.75. The first-order valence-corrected chi connectivity index (χ1v) is 9.80. The number of rotatable bonds is 9. The zero-order chi connectivity index (χ0) is 25.4. The Kier molecular flexibility index (Phi) is 7.74. The van der Waals surface area contributed by atoms with Gasteiger partial charge in [0, 0.05) is 6.07 Å². The van der Waals surface area contributed by atoms with Crippen LogP contribution >= 0.6 is 0 Å². The van der Waals surface area contributed by atoms with Crippen molar-refractivity contribution in [3.8, 4) is 11.5 Å². The van der Waals surface area contributed by atoms with Gasteiger partial charge in [-0.1, -0.05) is 24.3 Å². The molecule has 0 aliphatic carbocycles. The number of halogens is 1. The minimum Gasteiger partial charge on any atom is -0.450 e. The summed E-state index contributed by atoms with van der Waals surface area (Å²) in [7, 11) is 0. The molecule has 0 saturated carbocycles. The van der Waals surface area contributed by atoms with Crippen molar-refractivity contribution in [1.82, 2.24) is 5.43 Å². The number of nitrogens with one attached hydrogen (secondary N) is 2. The van der Waals surface area contributed by atoms with E-state index in [1.54, 1.807) is 12.1 Å². The average molecular weight is 481 g/mol. The summed E-state index contributed by atoms with van der Waals surface area (Å²) < 4.78 is 19.0. The van der Waals surface area contributed by atoms with Crippen LogP contribution in [0.2, 0.25) is 0 Å². The Hall–Kier alpha value is -5.20. The Balaban J connectivity index is 1.60. The molecule has 0 spiro atoms. The van der Waals surface area contributed by atoms with E-state index in [-0.39, 0.29) is 17.2 Å². The van der Waals surface area contributed by atoms with E-state index in [0.717, 1.165) is 24.3 Å². The molecule has 0 heterocycles. The number of non-ortho nitro benzene ring substituents is 1. The monoisotopic (exact) mass is 481 g/mol. The zero-order valence-corrected chi connectivity index (χ0v) is 17.7. The van der Waals surface area contributed by atoms with Gasteiger partial charge in [0.15, 0.2) is 0 Å². The highest BCUT2D eigenvalue weighted by atomic mass is 19.1. The van der Waals surface area contributed by atoms with E-state index in [4.69, 9.17) is 4.74 Å². The summed E-state index contributed by atoms with van der Waals surface area (Å²) in [5.41, 5.74) is 1.49. The van der Waals surface area contributed by atoms with E-state index in [2.05, 4.69) is 15.8 Å². The maximum Gasteiger partial charge on any atom is 0.318 e. The van der Waals surface area contributed by atoms with E-state index in [1.165, 1.54) is 36.5 Å². The lowest BCUT2D eigenvalue weighted by atomic mass is 10.2. The average Bonchev–Trinajstić information content (AvgIpc) is 2.80. The van der Waals surface area contributed by atoms with Crippen LogP contribution in [0.25, 0.3) is 0 Å². The summed E-state index contributed by atoms with van der Waals surface area (Å²) >= 11 is 0. The van der Waals surface area contributed by atoms with Gasteiger partial charge in [0.05, 0.1) is 27.8 Å². The van der Waals surface area contributed by atoms with Crippen LogP contribution in [0.3, 0.4) is 0 Å². The van der Waals surface area contributed by atoms with Crippen LogP contribution in [-0.4, -0.2) is 27.9 Å². The van der Waals surface area contributed by atoms with Crippen LogP contribution in [0.15, 0.2) is 71.8 Å². The SMILES string of the molecule is O=C(CC(=O)Nc1ccccc1F)NN=Cc1cccc(Oc2ccc([N+](=O)[O-])cc2[N+](=O)[O-])c1. The molecule has 0 unspecified atom stereocenters. The molecule has 35 heavy (non-hydrogen) atoms. The number of anilines is 1. The molecule has 12 nitrogen and oxygen atoms in total. The van der Waals surface area contributed by atoms with Crippen LogP contribution < -0.4 is 15.5 Å². The first kappa shape index (κ1) is 24.4. The number of amides is 2. The number of hydrogen-bond donors (Lipinski definition) is 2. The van der Waals surface area contributed by atoms with Gasteiger partial charge in [-0.3, -0.25) is 29.8 Å². The molecule has 3 aromatic rings. The van der Waals surface area contributed by atoms with Crippen molar-refractivity contribution in [3.63, 3.8) is 0 Å². The predicted molar refractivity (Wildman–Crippen MR) is 122 cm³/mol. The second kappa shape index (κ2) is 11.1. The summed E-state index contributed by atoms with van der Waals surface area (Å²) in [6.07, 6.45) is 0.641. The Morgan fingerprint density at radius 3 is 2.46 bits per heavy atom. The molecular formula is C22H16FN5O7. The molecule has 2 N–H and O–H groups in total. The molecule has 0 atom stereocenters. The normalized spacial score (nSPS) is 10.5. The zero-order valence-electron chi connectivity index (χ0n) is 17.7. The molecule has 0 aliphatic heterocycles. The van der Waals surface area contributed by atoms with Crippen molar-refractivity contribution in [2.75, 3.05) is 5.32 Å². The molecule has 0 saturated heterocycles. The van der Waals surface area contributed by atoms with E-state index in [1.807, 2.05) is 0 Å². The van der Waals surface area contributed by atoms with Gasteiger partial charge in [-0.15, -0.1) is 0 Å². The van der Waals surface area contributed by atoms with E-state index in [0.29, 0.717) is 5.56 Å². The standard InChI is InChI=1S/C22H16FN5O7/c23-17-6-1-2-7-18(17)25-21(29)12-22(30)26-24-13-14-4-3-5-16(10-14)35-20-9-8-15(27(31)32)11-19(20)28(33)34/h1-11,13H,12H2,(H,25,29)(H,26,30). The second-order valence-corrected chi connectivity index (χ2v) is 6.84. The highest BCUT2D eigenvalue weighted by molar-refractivity contribution is 6.03. The number of hydrogen-bond acceptors (Lipinski definition) is 8. The molecule has 0 fully saturated rings. The summed E-state index contributed by atoms with van der Waals surface area (Å²) in [5, 5.41) is 28.1. The molecule has 0 aromatic heterocycles. The van der Waals surface area contributed by atoms with Crippen LogP contribution in [0.4, 0.5) is 21.5 Å². The number of ether oxygens (including phenoxy) is 1. The van der Waals surface area contributed by atoms with Gasteiger partial charge in [-0.2, -0.15) is 5.10 Å². The van der Waals surface area contributed by atoms with Crippen LogP contribution in [0.1, 0.15) is 12.0 Å². The number of benzene rings is 3. The largest absolute Gasteiger partial charge is 0.450 e. The number of hydrazone groups is 1. The third kappa shape index (κ3) is 6.89. The van der Waals surface area contributed by atoms with Crippen molar-refractivity contribution in [3.05, 3.63) is 98.3 Å². The second-order valence-electron chi connectivity index (χ2n) is 6.84. The minimum atomic E-state index is -0.800. The Labute approximate surface area is 196 Å². The number of nitrogens with zero attached hydrogens (tertiary/aromatic N) is 3. The van der Waals surface area contributed by atoms with Gasteiger partial charge in [-0.05, 0) is 35.9 Å². The van der Waals surface area contributed by atoms with Gasteiger partial charge in [-0.25, -0.2) is 9.82 Å². The summed E-state index contributed by atoms with van der Waals surface area (Å²) in [6, 6.07) is 14.6. The van der Waals surface area contributed by atoms with E-state index >= 15 is 0 Å². The Morgan fingerprint density at radius 2 is 1.74 bits per heavy atom.